The van der Waals surface area contributed by atoms with Crippen molar-refractivity contribution in [3.8, 4) is 11.5 Å². The van der Waals surface area contributed by atoms with Gasteiger partial charge in [0.1, 0.15) is 11.3 Å². The van der Waals surface area contributed by atoms with Gasteiger partial charge in [0.25, 0.3) is 5.91 Å². The lowest BCUT2D eigenvalue weighted by atomic mass is 9.92. The molecule has 7 nitrogen and oxygen atoms in total. The molecule has 1 N–H and O–H groups in total. The molecule has 0 unspecified atom stereocenters. The molecule has 3 heterocycles. The van der Waals surface area contributed by atoms with Crippen LogP contribution in [-0.2, 0) is 11.2 Å². The van der Waals surface area contributed by atoms with E-state index in [-0.39, 0.29) is 23.8 Å². The largest absolute Gasteiger partial charge is 0.469 e. The summed E-state index contributed by atoms with van der Waals surface area (Å²) in [5, 5.41) is 3.06. The third-order valence-corrected chi connectivity index (χ3v) is 6.53. The van der Waals surface area contributed by atoms with Gasteiger partial charge in [-0.2, -0.15) is 0 Å². The summed E-state index contributed by atoms with van der Waals surface area (Å²) in [6.45, 7) is 3.26. The van der Waals surface area contributed by atoms with Gasteiger partial charge in [0.15, 0.2) is 5.58 Å². The van der Waals surface area contributed by atoms with E-state index in [0.717, 1.165) is 29.7 Å². The van der Waals surface area contributed by atoms with Crippen LogP contribution >= 0.6 is 0 Å². The predicted octanol–water partition coefficient (Wildman–Crippen LogP) is 5.08. The first-order chi connectivity index (χ1) is 17.0. The fourth-order valence-corrected chi connectivity index (χ4v) is 4.66. The molecule has 2 aromatic heterocycles. The van der Waals surface area contributed by atoms with E-state index in [0.29, 0.717) is 43.0 Å². The van der Waals surface area contributed by atoms with E-state index in [1.807, 2.05) is 66.4 Å². The van der Waals surface area contributed by atoms with Gasteiger partial charge in [-0.15, -0.1) is 0 Å². The molecule has 1 saturated heterocycles. The van der Waals surface area contributed by atoms with Crippen molar-refractivity contribution in [1.29, 1.82) is 0 Å². The Morgan fingerprint density at radius 2 is 1.89 bits per heavy atom. The van der Waals surface area contributed by atoms with Crippen LogP contribution in [0, 0.1) is 5.92 Å². The van der Waals surface area contributed by atoms with Crippen molar-refractivity contribution in [2.45, 2.75) is 38.6 Å². The predicted molar refractivity (Wildman–Crippen MR) is 133 cm³/mol. The Morgan fingerprint density at radius 1 is 1.09 bits per heavy atom. The lowest BCUT2D eigenvalue weighted by Gasteiger charge is -2.32. The van der Waals surface area contributed by atoms with E-state index in [9.17, 15) is 9.59 Å². The fraction of sp³-hybridized carbons (Fsp3) is 0.321. The van der Waals surface area contributed by atoms with E-state index >= 15 is 0 Å². The van der Waals surface area contributed by atoms with Crippen molar-refractivity contribution >= 4 is 22.9 Å². The highest BCUT2D eigenvalue weighted by atomic mass is 16.3. The van der Waals surface area contributed by atoms with Crippen LogP contribution in [0.5, 0.6) is 0 Å². The van der Waals surface area contributed by atoms with Crippen molar-refractivity contribution in [2.75, 3.05) is 13.1 Å². The second kappa shape index (κ2) is 10.2. The third kappa shape index (κ3) is 5.45. The topological polar surface area (TPSA) is 88.6 Å². The molecule has 1 aliphatic rings. The zero-order chi connectivity index (χ0) is 24.2. The molecule has 35 heavy (non-hydrogen) atoms. The molecule has 0 spiro atoms. The first-order valence-corrected chi connectivity index (χ1v) is 12.1. The Bertz CT molecular complexity index is 1290. The minimum atomic E-state index is -0.0143. The number of nitrogens with one attached hydrogen (secondary N) is 1. The number of oxazole rings is 1. The van der Waals surface area contributed by atoms with E-state index in [4.69, 9.17) is 8.83 Å². The van der Waals surface area contributed by atoms with E-state index < -0.39 is 0 Å². The van der Waals surface area contributed by atoms with Gasteiger partial charge >= 0.3 is 0 Å². The quantitative estimate of drug-likeness (QED) is 0.406. The number of rotatable bonds is 7. The molecule has 2 aromatic carbocycles. The summed E-state index contributed by atoms with van der Waals surface area (Å²) in [6.07, 6.45) is 4.43. The van der Waals surface area contributed by atoms with Gasteiger partial charge in [-0.1, -0.05) is 18.2 Å². The highest BCUT2D eigenvalue weighted by molar-refractivity contribution is 5.97. The van der Waals surface area contributed by atoms with Crippen LogP contribution in [0.1, 0.15) is 42.3 Å². The number of carbonyl (C=O) groups excluding carboxylic acids is 2. The number of hydrogen-bond donors (Lipinski definition) is 1. The second-order valence-electron chi connectivity index (χ2n) is 9.26. The third-order valence-electron chi connectivity index (χ3n) is 6.53. The van der Waals surface area contributed by atoms with Crippen LogP contribution in [0.3, 0.4) is 0 Å². The number of nitrogens with zero attached hydrogens (tertiary/aromatic N) is 2. The van der Waals surface area contributed by atoms with Gasteiger partial charge in [-0.05, 0) is 68.1 Å². The van der Waals surface area contributed by atoms with Gasteiger partial charge in [0.2, 0.25) is 11.8 Å². The number of aromatic nitrogens is 1. The van der Waals surface area contributed by atoms with Gasteiger partial charge < -0.3 is 19.1 Å². The van der Waals surface area contributed by atoms with Crippen LogP contribution in [0.2, 0.25) is 0 Å². The first kappa shape index (κ1) is 22.9. The summed E-state index contributed by atoms with van der Waals surface area (Å²) < 4.78 is 11.3. The zero-order valence-electron chi connectivity index (χ0n) is 19.8. The lowest BCUT2D eigenvalue weighted by Crippen LogP contribution is -2.40. The minimum Gasteiger partial charge on any atom is -0.469 e. The Balaban J connectivity index is 1.14. The van der Waals surface area contributed by atoms with Crippen LogP contribution in [0.4, 0.5) is 0 Å². The highest BCUT2D eigenvalue weighted by Gasteiger charge is 2.26. The summed E-state index contributed by atoms with van der Waals surface area (Å²) in [5.41, 5.74) is 2.82. The van der Waals surface area contributed by atoms with Gasteiger partial charge in [-0.3, -0.25) is 9.59 Å². The molecule has 7 heteroatoms. The number of piperidine rings is 1. The molecule has 1 fully saturated rings. The average Bonchev–Trinajstić information content (AvgIpc) is 3.54. The molecule has 0 bridgehead atoms. The molecule has 180 valence electrons. The molecule has 0 saturated carbocycles. The Hall–Kier alpha value is -3.87. The Morgan fingerprint density at radius 3 is 2.63 bits per heavy atom. The van der Waals surface area contributed by atoms with Crippen LogP contribution in [0.25, 0.3) is 22.6 Å². The van der Waals surface area contributed by atoms with Crippen molar-refractivity contribution in [3.05, 3.63) is 78.3 Å². The first-order valence-electron chi connectivity index (χ1n) is 12.1. The summed E-state index contributed by atoms with van der Waals surface area (Å²) in [7, 11) is 0. The van der Waals surface area contributed by atoms with Crippen LogP contribution in [-0.4, -0.2) is 40.8 Å². The summed E-state index contributed by atoms with van der Waals surface area (Å²) in [5.74, 6) is 1.73. The summed E-state index contributed by atoms with van der Waals surface area (Å²) in [6, 6.07) is 18.9. The smallest absolute Gasteiger partial charge is 0.253 e. The fourth-order valence-electron chi connectivity index (χ4n) is 4.66. The van der Waals surface area contributed by atoms with E-state index in [1.165, 1.54) is 0 Å². The van der Waals surface area contributed by atoms with Crippen molar-refractivity contribution < 1.29 is 18.4 Å². The SMILES string of the molecule is C[C@@H](Cc1ccco1)NC(=O)CC1CCN(C(=O)c2ccc3nc(-c4ccccc4)oc3c2)CC1. The molecule has 1 atom stereocenters. The average molecular weight is 472 g/mol. The summed E-state index contributed by atoms with van der Waals surface area (Å²) >= 11 is 0. The molecule has 4 aromatic rings. The number of fused-ring (bicyclic) bond motifs is 1. The second-order valence-corrected chi connectivity index (χ2v) is 9.26. The van der Waals surface area contributed by atoms with Crippen LogP contribution < -0.4 is 5.32 Å². The number of benzene rings is 2. The van der Waals surface area contributed by atoms with E-state index in [1.54, 1.807) is 12.3 Å². The molecule has 0 aliphatic carbocycles. The van der Waals surface area contributed by atoms with Gasteiger partial charge in [-0.25, -0.2) is 4.98 Å². The molecule has 0 radical (unpaired) electrons. The van der Waals surface area contributed by atoms with Crippen molar-refractivity contribution in [3.63, 3.8) is 0 Å². The molecule has 5 rings (SSSR count). The maximum Gasteiger partial charge on any atom is 0.253 e. The van der Waals surface area contributed by atoms with E-state index in [2.05, 4.69) is 10.3 Å². The number of furan rings is 1. The maximum atomic E-state index is 13.1. The monoisotopic (exact) mass is 471 g/mol. The van der Waals surface area contributed by atoms with Gasteiger partial charge in [0, 0.05) is 43.1 Å². The number of hydrogen-bond acceptors (Lipinski definition) is 5. The molecule has 2 amide bonds. The zero-order valence-corrected chi connectivity index (χ0v) is 19.8. The number of carbonyl (C=O) groups is 2. The standard InChI is InChI=1S/C28H29N3O4/c1-19(16-23-8-5-15-34-23)29-26(32)17-20-11-13-31(14-12-20)28(33)22-9-10-24-25(18-22)35-27(30-24)21-6-3-2-4-7-21/h2-10,15,18-20H,11-14,16-17H2,1H3,(H,29,32)/t19-/m0/s1. The van der Waals surface area contributed by atoms with Crippen molar-refractivity contribution in [2.24, 2.45) is 5.92 Å². The Kier molecular flexibility index (Phi) is 6.66. The Labute approximate surface area is 204 Å². The number of likely N-dealkylation sites (tertiary alicyclic amines) is 1. The van der Waals surface area contributed by atoms with Crippen molar-refractivity contribution in [1.82, 2.24) is 15.2 Å². The highest BCUT2D eigenvalue weighted by Crippen LogP contribution is 2.26. The van der Waals surface area contributed by atoms with Gasteiger partial charge in [0.05, 0.1) is 6.26 Å². The maximum absolute atomic E-state index is 13.1. The molecular formula is C28H29N3O4. The van der Waals surface area contributed by atoms with Crippen LogP contribution in [0.15, 0.2) is 75.8 Å². The number of amides is 2. The normalized spacial score (nSPS) is 15.3. The minimum absolute atomic E-state index is 0.0143. The lowest BCUT2D eigenvalue weighted by molar-refractivity contribution is -0.122. The molecule has 1 aliphatic heterocycles. The molecular weight excluding hydrogens is 442 g/mol. The summed E-state index contributed by atoms with van der Waals surface area (Å²) in [4.78, 5) is 32.0.